The van der Waals surface area contributed by atoms with Gasteiger partial charge in [0.1, 0.15) is 11.6 Å². The van der Waals surface area contributed by atoms with Crippen molar-refractivity contribution in [2.24, 2.45) is 5.73 Å². The van der Waals surface area contributed by atoms with Gasteiger partial charge in [0.15, 0.2) is 0 Å². The Morgan fingerprint density at radius 2 is 1.86 bits per heavy atom. The summed E-state index contributed by atoms with van der Waals surface area (Å²) >= 11 is 1.67. The van der Waals surface area contributed by atoms with Gasteiger partial charge in [0.05, 0.1) is 17.9 Å². The number of rotatable bonds is 12. The number of ether oxygens (including phenoxy) is 1. The van der Waals surface area contributed by atoms with Gasteiger partial charge in [-0.05, 0) is 79.6 Å². The topological polar surface area (TPSA) is 140 Å². The summed E-state index contributed by atoms with van der Waals surface area (Å²) in [6.07, 6.45) is 5.82. The van der Waals surface area contributed by atoms with Gasteiger partial charge >= 0.3 is 0 Å². The number of imide groups is 1. The van der Waals surface area contributed by atoms with Crippen LogP contribution in [0.2, 0.25) is 0 Å². The number of thioether (sulfide) groups is 1. The number of nitrogens with two attached hydrogens (primary N) is 1. The second-order valence-corrected chi connectivity index (χ2v) is 14.0. The maximum Gasteiger partial charge on any atom is 0.255 e. The van der Waals surface area contributed by atoms with E-state index < -0.39 is 17.9 Å². The number of nitrogens with zero attached hydrogens (tertiary/aromatic N) is 4. The molecule has 1 aromatic heterocycles. The molecule has 0 saturated carbocycles. The van der Waals surface area contributed by atoms with Crippen molar-refractivity contribution in [2.45, 2.75) is 55.5 Å². The lowest BCUT2D eigenvalue weighted by atomic mass is 9.90. The van der Waals surface area contributed by atoms with Crippen LogP contribution in [0.3, 0.4) is 0 Å². The second-order valence-electron chi connectivity index (χ2n) is 12.9. The summed E-state index contributed by atoms with van der Waals surface area (Å²) in [5, 5.41) is 7.87. The Morgan fingerprint density at radius 1 is 1.02 bits per heavy atom. The van der Waals surface area contributed by atoms with Crippen LogP contribution in [0.25, 0.3) is 16.6 Å². The Hall–Kier alpha value is -4.52. The van der Waals surface area contributed by atoms with E-state index in [1.807, 2.05) is 36.5 Å². The van der Waals surface area contributed by atoms with Crippen LogP contribution in [0.5, 0.6) is 0 Å². The Balaban J connectivity index is 0.844. The van der Waals surface area contributed by atoms with E-state index in [0.29, 0.717) is 48.7 Å². The van der Waals surface area contributed by atoms with Crippen molar-refractivity contribution >= 4 is 46.3 Å². The number of carbonyl (C=O) groups is 4. The molecule has 11 nitrogen and oxygen atoms in total. The van der Waals surface area contributed by atoms with Gasteiger partial charge in [-0.15, -0.1) is 11.8 Å². The molecule has 3 aliphatic rings. The molecular weight excluding hydrogens is 641 g/mol. The number of fused-ring (bicyclic) bond motifs is 2. The Kier molecular flexibility index (Phi) is 9.79. The molecule has 2 saturated heterocycles. The number of nitrogens with one attached hydrogen (secondary N) is 1. The summed E-state index contributed by atoms with van der Waals surface area (Å²) in [5.41, 5.74) is 10.4. The highest BCUT2D eigenvalue weighted by molar-refractivity contribution is 7.99. The molecule has 0 aliphatic carbocycles. The first-order valence-corrected chi connectivity index (χ1v) is 17.9. The number of benzene rings is 3. The lowest BCUT2D eigenvalue weighted by molar-refractivity contribution is -0.136. The quantitative estimate of drug-likeness (QED) is 0.129. The van der Waals surface area contributed by atoms with Crippen LogP contribution in [0.1, 0.15) is 69.9 Å². The number of amides is 4. The van der Waals surface area contributed by atoms with Gasteiger partial charge in [-0.1, -0.05) is 30.3 Å². The van der Waals surface area contributed by atoms with Crippen LogP contribution in [0.4, 0.5) is 0 Å². The Morgan fingerprint density at radius 3 is 2.67 bits per heavy atom. The third-order valence-electron chi connectivity index (χ3n) is 9.72. The molecule has 1 unspecified atom stereocenters. The molecule has 49 heavy (non-hydrogen) atoms. The predicted octanol–water partition coefficient (Wildman–Crippen LogP) is 4.26. The number of piperidine rings is 2. The second kappa shape index (κ2) is 14.5. The molecule has 12 heteroatoms. The smallest absolute Gasteiger partial charge is 0.255 e. The molecule has 4 heterocycles. The maximum absolute atomic E-state index is 13.1. The highest BCUT2D eigenvalue weighted by atomic mass is 32.2. The van der Waals surface area contributed by atoms with Crippen LogP contribution in [0, 0.1) is 0 Å². The summed E-state index contributed by atoms with van der Waals surface area (Å²) in [6, 6.07) is 19.1. The van der Waals surface area contributed by atoms with E-state index in [1.54, 1.807) is 27.4 Å². The molecule has 7 rings (SSSR count). The molecule has 254 valence electrons. The fourth-order valence-electron chi connectivity index (χ4n) is 7.20. The third kappa shape index (κ3) is 7.12. The van der Waals surface area contributed by atoms with Crippen LogP contribution >= 0.6 is 11.8 Å². The molecule has 0 bridgehead atoms. The number of hydrogen-bond acceptors (Lipinski definition) is 8. The van der Waals surface area contributed by atoms with Crippen molar-refractivity contribution in [2.75, 3.05) is 38.6 Å². The van der Waals surface area contributed by atoms with Gasteiger partial charge in [0.25, 0.3) is 11.8 Å². The summed E-state index contributed by atoms with van der Waals surface area (Å²) < 4.78 is 7.80. The number of primary amides is 1. The summed E-state index contributed by atoms with van der Waals surface area (Å²) in [4.78, 5) is 54.0. The van der Waals surface area contributed by atoms with Crippen molar-refractivity contribution in [3.8, 4) is 5.69 Å². The van der Waals surface area contributed by atoms with E-state index in [-0.39, 0.29) is 18.2 Å². The van der Waals surface area contributed by atoms with Crippen LogP contribution in [-0.4, -0.2) is 87.9 Å². The molecule has 0 spiro atoms. The maximum atomic E-state index is 13.1. The minimum Gasteiger partial charge on any atom is -0.381 e. The molecule has 0 radical (unpaired) electrons. The monoisotopic (exact) mass is 680 g/mol. The zero-order valence-corrected chi connectivity index (χ0v) is 28.1. The van der Waals surface area contributed by atoms with Crippen molar-refractivity contribution < 1.29 is 23.9 Å². The normalized spacial score (nSPS) is 19.8. The van der Waals surface area contributed by atoms with Crippen molar-refractivity contribution in [3.05, 3.63) is 89.1 Å². The molecule has 3 N–H and O–H groups in total. The number of carbonyl (C=O) groups excluding carboxylic acids is 4. The van der Waals surface area contributed by atoms with Gasteiger partial charge in [0.2, 0.25) is 11.8 Å². The number of aromatic nitrogens is 2. The highest BCUT2D eigenvalue weighted by Crippen LogP contribution is 2.34. The van der Waals surface area contributed by atoms with Gasteiger partial charge in [-0.2, -0.15) is 5.10 Å². The van der Waals surface area contributed by atoms with Gasteiger partial charge < -0.3 is 20.3 Å². The summed E-state index contributed by atoms with van der Waals surface area (Å²) in [7, 11) is 0. The average Bonchev–Trinajstić information content (AvgIpc) is 3.70. The fourth-order valence-corrected chi connectivity index (χ4v) is 8.15. The molecule has 2 atom stereocenters. The minimum absolute atomic E-state index is 0.149. The van der Waals surface area contributed by atoms with Crippen molar-refractivity contribution in [1.29, 1.82) is 0 Å². The predicted molar refractivity (Wildman–Crippen MR) is 187 cm³/mol. The fraction of sp³-hybridized carbons (Fsp3) is 0.378. The number of hydrogen-bond donors (Lipinski definition) is 2. The van der Waals surface area contributed by atoms with Gasteiger partial charge in [-0.3, -0.25) is 24.5 Å². The van der Waals surface area contributed by atoms with Crippen molar-refractivity contribution in [1.82, 2.24) is 24.9 Å². The van der Waals surface area contributed by atoms with Gasteiger partial charge in [-0.25, -0.2) is 4.68 Å². The molecule has 4 aromatic rings. The SMILES string of the molecule is NC(=O)c1cccc2cn(-c3ccc([C@@H]4CCCN(CCCOCCSc5cccc6c5CN(C5CCC(=O)NC5=O)C6=O)C4)cc3)nc12. The average molecular weight is 681 g/mol. The first kappa shape index (κ1) is 33.0. The molecule has 3 aromatic carbocycles. The zero-order valence-electron chi connectivity index (χ0n) is 27.3. The van der Waals surface area contributed by atoms with Crippen LogP contribution < -0.4 is 11.1 Å². The molecule has 4 amide bonds. The van der Waals surface area contributed by atoms with E-state index in [2.05, 4.69) is 39.6 Å². The van der Waals surface area contributed by atoms with E-state index in [1.165, 1.54) is 5.56 Å². The van der Waals surface area contributed by atoms with Crippen LogP contribution in [-0.2, 0) is 20.9 Å². The van der Waals surface area contributed by atoms with E-state index in [9.17, 15) is 19.2 Å². The highest BCUT2D eigenvalue weighted by Gasteiger charge is 2.39. The van der Waals surface area contributed by atoms with E-state index in [4.69, 9.17) is 10.5 Å². The number of likely N-dealkylation sites (tertiary alicyclic amines) is 1. The first-order chi connectivity index (χ1) is 23.9. The third-order valence-corrected chi connectivity index (χ3v) is 10.8. The standard InChI is InChI=1S/C37H40N6O5S/c38-35(45)29-8-1-5-26-22-43(40-34(26)29)27-12-10-24(11-13-27)25-6-3-16-41(21-25)17-4-18-48-19-20-49-32-9-2-7-28-30(32)23-42(37(28)47)31-14-15-33(44)39-36(31)46/h1-2,5,7-13,22,25,31H,3-4,6,14-21,23H2,(H2,38,45)(H,39,44,46)/t25-,31?/m1/s1. The molecule has 3 aliphatic heterocycles. The molecule has 2 fully saturated rings. The lowest BCUT2D eigenvalue weighted by Crippen LogP contribution is -2.52. The lowest BCUT2D eigenvalue weighted by Gasteiger charge is -2.33. The zero-order chi connectivity index (χ0) is 33.9. The Bertz CT molecular complexity index is 1890. The Labute approximate surface area is 289 Å². The largest absolute Gasteiger partial charge is 0.381 e. The summed E-state index contributed by atoms with van der Waals surface area (Å²) in [6.45, 7) is 4.81. The first-order valence-electron chi connectivity index (χ1n) is 16.9. The van der Waals surface area contributed by atoms with Gasteiger partial charge in [0, 0.05) is 60.5 Å². The van der Waals surface area contributed by atoms with Crippen LogP contribution in [0.15, 0.2) is 71.8 Å². The molecular formula is C37H40N6O5S. The van der Waals surface area contributed by atoms with Crippen molar-refractivity contribution in [3.63, 3.8) is 0 Å². The minimum atomic E-state index is -0.607. The van der Waals surface area contributed by atoms with E-state index in [0.717, 1.165) is 66.2 Å². The summed E-state index contributed by atoms with van der Waals surface area (Å²) in [5.74, 6) is -0.0578. The van der Waals surface area contributed by atoms with E-state index >= 15 is 0 Å².